The summed E-state index contributed by atoms with van der Waals surface area (Å²) in [4.78, 5) is 16.0. The molecular formula is C45H38B10N4O. The van der Waals surface area contributed by atoms with E-state index < -0.39 is 0 Å². The molecule has 0 atom stereocenters. The second kappa shape index (κ2) is 14.2. The Balaban J connectivity index is 1.16. The molecular weight excluding hydrogens is 721 g/mol. The van der Waals surface area contributed by atoms with Crippen molar-refractivity contribution in [1.82, 2.24) is 19.5 Å². The molecule has 274 valence electrons. The number of nitrogens with zero attached hydrogens (tertiary/aromatic N) is 4. The van der Waals surface area contributed by atoms with Gasteiger partial charge >= 0.3 is 0 Å². The van der Waals surface area contributed by atoms with Gasteiger partial charge in [-0.05, 0) is 54.1 Å². The van der Waals surface area contributed by atoms with E-state index in [4.69, 9.17) is 19.4 Å². The van der Waals surface area contributed by atoms with Crippen LogP contribution in [0.2, 0.25) is 0 Å². The third-order valence-electron chi connectivity index (χ3n) is 13.8. The van der Waals surface area contributed by atoms with Crippen LogP contribution in [0.3, 0.4) is 0 Å². The van der Waals surface area contributed by atoms with Gasteiger partial charge in [0.25, 0.3) is 0 Å². The molecule has 0 radical (unpaired) electrons. The first-order chi connectivity index (χ1) is 28.9. The van der Waals surface area contributed by atoms with E-state index in [0.29, 0.717) is 17.5 Å². The Kier molecular flexibility index (Phi) is 9.02. The van der Waals surface area contributed by atoms with Gasteiger partial charge in [-0.3, -0.25) is 0 Å². The van der Waals surface area contributed by atoms with E-state index >= 15 is 0 Å². The molecule has 0 spiro atoms. The van der Waals surface area contributed by atoms with Crippen LogP contribution in [0.25, 0.3) is 94.7 Å². The van der Waals surface area contributed by atoms with Gasteiger partial charge in [-0.2, -0.15) is 0 Å². The number of para-hydroxylation sites is 3. The van der Waals surface area contributed by atoms with Crippen molar-refractivity contribution in [2.45, 2.75) is 0 Å². The normalized spacial score (nSPS) is 11.7. The van der Waals surface area contributed by atoms with Crippen LogP contribution in [0.1, 0.15) is 0 Å². The Bertz CT molecular complexity index is 3310. The van der Waals surface area contributed by atoms with E-state index in [-0.39, 0.29) is 0 Å². The van der Waals surface area contributed by atoms with Gasteiger partial charge in [0.2, 0.25) is 0 Å². The molecule has 10 rings (SSSR count). The maximum absolute atomic E-state index is 6.77. The first-order valence-electron chi connectivity index (χ1n) is 20.9. The molecule has 0 bridgehead atoms. The fraction of sp³-hybridized carbons (Fsp3) is 0. The monoisotopic (exact) mass is 760 g/mol. The Labute approximate surface area is 359 Å². The van der Waals surface area contributed by atoms with Gasteiger partial charge in [-0.25, -0.2) is 15.0 Å². The zero-order valence-electron chi connectivity index (χ0n) is 36.1. The molecule has 0 N–H and O–H groups in total. The molecule has 0 aliphatic heterocycles. The van der Waals surface area contributed by atoms with Crippen LogP contribution in [-0.2, 0) is 0 Å². The van der Waals surface area contributed by atoms with Crippen molar-refractivity contribution in [3.8, 4) is 51.0 Å². The summed E-state index contributed by atoms with van der Waals surface area (Å²) in [7, 11) is 22.0. The molecule has 10 aromatic rings. The topological polar surface area (TPSA) is 56.7 Å². The summed E-state index contributed by atoms with van der Waals surface area (Å²) in [6.45, 7) is 0. The highest BCUT2D eigenvalue weighted by Crippen LogP contribution is 2.40. The Morgan fingerprint density at radius 3 is 1.52 bits per heavy atom. The van der Waals surface area contributed by atoms with Crippen molar-refractivity contribution in [3.05, 3.63) is 109 Å². The van der Waals surface area contributed by atoms with Gasteiger partial charge < -0.3 is 8.98 Å². The second-order valence-corrected chi connectivity index (χ2v) is 16.7. The first-order valence-corrected chi connectivity index (χ1v) is 20.9. The standard InChI is InChI=1S/C45H38B10N4O/c46-32-30(33(47)37(51)40(54)36(32)50)44-56-43(57-45(58-44)31-34(48)38(52)41(55)39(53)35(31)49)20-14-16-29-26(18-20)24-11-6-10-22(42(24)60-29)19-13-15-28-25(17-19)23-9-4-5-12-27(23)59(28)21-7-2-1-3-8-21/h1-18H,46-55H2. The summed E-state index contributed by atoms with van der Waals surface area (Å²) in [5.41, 5.74) is 23.0. The summed E-state index contributed by atoms with van der Waals surface area (Å²) in [5, 5.41) is 4.51. The molecule has 0 saturated heterocycles. The summed E-state index contributed by atoms with van der Waals surface area (Å²) < 4.78 is 9.12. The van der Waals surface area contributed by atoms with Crippen molar-refractivity contribution >= 4 is 177 Å². The molecule has 0 unspecified atom stereocenters. The highest BCUT2D eigenvalue weighted by atomic mass is 16.3. The minimum Gasteiger partial charge on any atom is -0.455 e. The number of hydrogen-bond donors (Lipinski definition) is 0. The molecule has 7 aromatic carbocycles. The summed E-state index contributed by atoms with van der Waals surface area (Å²) in [5.74, 6) is 2.05. The molecule has 15 heteroatoms. The Morgan fingerprint density at radius 1 is 0.383 bits per heavy atom. The van der Waals surface area contributed by atoms with Gasteiger partial charge in [-0.1, -0.05) is 82.5 Å². The maximum atomic E-state index is 6.77. The fourth-order valence-electron chi connectivity index (χ4n) is 9.56. The van der Waals surface area contributed by atoms with Gasteiger partial charge in [0.15, 0.2) is 17.5 Å². The predicted octanol–water partition coefficient (Wildman–Crippen LogP) is -5.88. The first kappa shape index (κ1) is 38.0. The number of rotatable bonds is 5. The average Bonchev–Trinajstić information content (AvgIpc) is 3.82. The lowest BCUT2D eigenvalue weighted by molar-refractivity contribution is 0.670. The number of benzene rings is 7. The Hall–Kier alpha value is -6.20. The van der Waals surface area contributed by atoms with Crippen molar-refractivity contribution in [1.29, 1.82) is 0 Å². The SMILES string of the molecule is Bc1c(B)c(B)c(-c2nc(-c3ccc4oc5c(-c6ccc7c(c6)c6ccccc6n7-c6ccccc6)cccc5c4c3)nc(-c3c(B)c(B)c(B)c(B)c3B)n2)c(B)c1B. The quantitative estimate of drug-likeness (QED) is 0.165. The fourth-order valence-corrected chi connectivity index (χ4v) is 9.56. The predicted molar refractivity (Wildman–Crippen MR) is 285 cm³/mol. The lowest BCUT2D eigenvalue weighted by Crippen LogP contribution is -2.55. The molecule has 0 amide bonds. The zero-order chi connectivity index (χ0) is 41.7. The summed E-state index contributed by atoms with van der Waals surface area (Å²) in [6.07, 6.45) is 0. The second-order valence-electron chi connectivity index (χ2n) is 16.7. The average molecular weight is 759 g/mol. The largest absolute Gasteiger partial charge is 0.455 e. The van der Waals surface area contributed by atoms with E-state index in [1.54, 1.807) is 0 Å². The highest BCUT2D eigenvalue weighted by molar-refractivity contribution is 6.70. The third-order valence-corrected chi connectivity index (χ3v) is 13.8. The van der Waals surface area contributed by atoms with Crippen molar-refractivity contribution in [2.75, 3.05) is 0 Å². The zero-order valence-corrected chi connectivity index (χ0v) is 36.1. The van der Waals surface area contributed by atoms with Crippen LogP contribution < -0.4 is 54.6 Å². The van der Waals surface area contributed by atoms with Crippen LogP contribution in [0.4, 0.5) is 0 Å². The van der Waals surface area contributed by atoms with E-state index in [1.807, 2.05) is 0 Å². The van der Waals surface area contributed by atoms with Crippen LogP contribution in [-0.4, -0.2) is 98.0 Å². The van der Waals surface area contributed by atoms with Crippen LogP contribution >= 0.6 is 0 Å². The molecule has 60 heavy (non-hydrogen) atoms. The molecule has 0 aliphatic carbocycles. The van der Waals surface area contributed by atoms with E-state index in [2.05, 4.69) is 192 Å². The van der Waals surface area contributed by atoms with Crippen molar-refractivity contribution in [2.24, 2.45) is 0 Å². The van der Waals surface area contributed by atoms with Crippen LogP contribution in [0.15, 0.2) is 114 Å². The van der Waals surface area contributed by atoms with Crippen molar-refractivity contribution < 1.29 is 4.42 Å². The number of aromatic nitrogens is 4. The Morgan fingerprint density at radius 2 is 0.883 bits per heavy atom. The van der Waals surface area contributed by atoms with Gasteiger partial charge in [-0.15, -0.1) is 32.8 Å². The van der Waals surface area contributed by atoms with Gasteiger partial charge in [0.05, 0.1) is 11.0 Å². The number of hydrogen-bond acceptors (Lipinski definition) is 4. The maximum Gasteiger partial charge on any atom is 0.164 e. The van der Waals surface area contributed by atoms with E-state index in [0.717, 1.165) is 55.4 Å². The number of furan rings is 1. The van der Waals surface area contributed by atoms with Crippen LogP contribution in [0, 0.1) is 0 Å². The van der Waals surface area contributed by atoms with Gasteiger partial charge in [0, 0.05) is 49.5 Å². The lowest BCUT2D eigenvalue weighted by atomic mass is 9.60. The van der Waals surface area contributed by atoms with Gasteiger partial charge in [0.1, 0.15) is 89.6 Å². The summed E-state index contributed by atoms with van der Waals surface area (Å²) in [6, 6.07) is 38.8. The molecule has 3 aromatic heterocycles. The molecule has 0 fully saturated rings. The third kappa shape index (κ3) is 5.73. The smallest absolute Gasteiger partial charge is 0.164 e. The molecule has 0 saturated carbocycles. The minimum absolute atomic E-state index is 0.645. The van der Waals surface area contributed by atoms with E-state index in [1.165, 1.54) is 76.4 Å². The molecule has 3 heterocycles. The van der Waals surface area contributed by atoms with Crippen molar-refractivity contribution in [3.63, 3.8) is 0 Å². The van der Waals surface area contributed by atoms with E-state index in [9.17, 15) is 0 Å². The van der Waals surface area contributed by atoms with Crippen LogP contribution in [0.5, 0.6) is 0 Å². The lowest BCUT2D eigenvalue weighted by Gasteiger charge is -2.22. The number of fused-ring (bicyclic) bond motifs is 6. The summed E-state index contributed by atoms with van der Waals surface area (Å²) >= 11 is 0. The molecule has 0 aliphatic rings. The minimum atomic E-state index is 0.645. The molecule has 5 nitrogen and oxygen atoms in total. The highest BCUT2D eigenvalue weighted by Gasteiger charge is 2.23.